The van der Waals surface area contributed by atoms with Gasteiger partial charge in [0.2, 0.25) is 5.91 Å². The number of nitrogens with zero attached hydrogens (tertiary/aromatic N) is 1. The molecule has 4 nitrogen and oxygen atoms in total. The highest BCUT2D eigenvalue weighted by Crippen LogP contribution is 2.26. The lowest BCUT2D eigenvalue weighted by atomic mass is 10.0. The molecule has 2 aromatic rings. The number of hydrogen-bond donors (Lipinski definition) is 2. The van der Waals surface area contributed by atoms with Gasteiger partial charge in [-0.3, -0.25) is 4.79 Å². The Labute approximate surface area is 112 Å². The Morgan fingerprint density at radius 2 is 2.05 bits per heavy atom. The van der Waals surface area contributed by atoms with Crippen LogP contribution in [-0.2, 0) is 11.3 Å². The van der Waals surface area contributed by atoms with E-state index in [4.69, 9.17) is 0 Å². The maximum Gasteiger partial charge on any atom is 0.236 e. The Morgan fingerprint density at radius 1 is 1.26 bits per heavy atom. The summed E-state index contributed by atoms with van der Waals surface area (Å²) in [6, 6.07) is 4.28. The molecule has 0 radical (unpaired) electrons. The van der Waals surface area contributed by atoms with E-state index in [9.17, 15) is 4.79 Å². The number of piperazine rings is 1. The summed E-state index contributed by atoms with van der Waals surface area (Å²) in [5.74, 6) is 0.186. The van der Waals surface area contributed by atoms with Gasteiger partial charge in [-0.15, -0.1) is 0 Å². The van der Waals surface area contributed by atoms with Crippen molar-refractivity contribution in [3.63, 3.8) is 0 Å². The number of hydrogen-bond acceptors (Lipinski definition) is 2. The van der Waals surface area contributed by atoms with E-state index in [1.165, 1.54) is 27.6 Å². The highest BCUT2D eigenvalue weighted by Gasteiger charge is 2.19. The van der Waals surface area contributed by atoms with E-state index in [-0.39, 0.29) is 5.91 Å². The quantitative estimate of drug-likeness (QED) is 0.860. The maximum atomic E-state index is 11.9. The van der Waals surface area contributed by atoms with E-state index in [1.54, 1.807) is 0 Å². The topological polar surface area (TPSA) is 48.1 Å². The van der Waals surface area contributed by atoms with Crippen LogP contribution in [0.1, 0.15) is 16.7 Å². The fourth-order valence-electron chi connectivity index (χ4n) is 2.79. The van der Waals surface area contributed by atoms with Gasteiger partial charge in [0.25, 0.3) is 0 Å². The zero-order valence-corrected chi connectivity index (χ0v) is 11.4. The fraction of sp³-hybridized carbons (Fsp3) is 0.400. The Kier molecular flexibility index (Phi) is 3.03. The van der Waals surface area contributed by atoms with Gasteiger partial charge in [-0.25, -0.2) is 0 Å². The number of rotatable bonds is 2. The van der Waals surface area contributed by atoms with Crippen LogP contribution in [0, 0.1) is 13.8 Å². The summed E-state index contributed by atoms with van der Waals surface area (Å²) in [7, 11) is 0. The minimum absolute atomic E-state index is 0.186. The number of aromatic nitrogens is 1. The Bertz CT molecular complexity index is 630. The number of nitrogens with one attached hydrogen (secondary N) is 2. The first-order valence-corrected chi connectivity index (χ1v) is 6.71. The summed E-state index contributed by atoms with van der Waals surface area (Å²) < 4.78 is 0. The summed E-state index contributed by atoms with van der Waals surface area (Å²) in [5.41, 5.74) is 4.92. The summed E-state index contributed by atoms with van der Waals surface area (Å²) in [6.45, 7) is 7.06. The van der Waals surface area contributed by atoms with Crippen molar-refractivity contribution in [1.29, 1.82) is 0 Å². The number of fused-ring (bicyclic) bond motifs is 1. The molecule has 1 saturated heterocycles. The van der Waals surface area contributed by atoms with Gasteiger partial charge in [0.15, 0.2) is 0 Å². The number of benzene rings is 1. The molecule has 1 aromatic carbocycles. The maximum absolute atomic E-state index is 11.9. The van der Waals surface area contributed by atoms with Crippen molar-refractivity contribution in [2.45, 2.75) is 20.4 Å². The summed E-state index contributed by atoms with van der Waals surface area (Å²) in [6.07, 6.45) is 2.04. The third kappa shape index (κ3) is 2.12. The van der Waals surface area contributed by atoms with Gasteiger partial charge < -0.3 is 15.2 Å². The van der Waals surface area contributed by atoms with Crippen LogP contribution in [0.2, 0.25) is 0 Å². The lowest BCUT2D eigenvalue weighted by molar-refractivity contribution is -0.132. The molecule has 2 N–H and O–H groups in total. The average Bonchev–Trinajstić information content (AvgIpc) is 2.82. The zero-order valence-electron chi connectivity index (χ0n) is 11.4. The van der Waals surface area contributed by atoms with Crippen molar-refractivity contribution in [1.82, 2.24) is 15.2 Å². The smallest absolute Gasteiger partial charge is 0.236 e. The van der Waals surface area contributed by atoms with Crippen molar-refractivity contribution in [3.8, 4) is 0 Å². The standard InChI is InChI=1S/C15H19N3O/c1-10-3-4-11(2)15-14(10)12(7-17-15)9-18-6-5-16-8-13(18)19/h3-4,7,16-17H,5-6,8-9H2,1-2H3. The lowest BCUT2D eigenvalue weighted by Crippen LogP contribution is -2.47. The van der Waals surface area contributed by atoms with E-state index in [1.807, 2.05) is 11.1 Å². The minimum Gasteiger partial charge on any atom is -0.361 e. The van der Waals surface area contributed by atoms with E-state index in [0.29, 0.717) is 13.1 Å². The van der Waals surface area contributed by atoms with Gasteiger partial charge in [-0.2, -0.15) is 0 Å². The van der Waals surface area contributed by atoms with E-state index in [2.05, 4.69) is 36.3 Å². The second kappa shape index (κ2) is 4.70. The average molecular weight is 257 g/mol. The number of aryl methyl sites for hydroxylation is 2. The Morgan fingerprint density at radius 3 is 2.84 bits per heavy atom. The Balaban J connectivity index is 1.97. The molecule has 4 heteroatoms. The predicted octanol–water partition coefficient (Wildman–Crippen LogP) is 1.72. The normalized spacial score (nSPS) is 16.3. The molecular formula is C15H19N3O. The van der Waals surface area contributed by atoms with Crippen molar-refractivity contribution >= 4 is 16.8 Å². The molecule has 1 aromatic heterocycles. The highest BCUT2D eigenvalue weighted by molar-refractivity contribution is 5.89. The largest absolute Gasteiger partial charge is 0.361 e. The van der Waals surface area contributed by atoms with Crippen molar-refractivity contribution in [2.75, 3.05) is 19.6 Å². The van der Waals surface area contributed by atoms with Crippen molar-refractivity contribution in [2.24, 2.45) is 0 Å². The van der Waals surface area contributed by atoms with E-state index >= 15 is 0 Å². The number of carbonyl (C=O) groups is 1. The van der Waals surface area contributed by atoms with Crippen LogP contribution < -0.4 is 5.32 Å². The molecule has 0 bridgehead atoms. The molecule has 2 heterocycles. The summed E-state index contributed by atoms with van der Waals surface area (Å²) >= 11 is 0. The van der Waals surface area contributed by atoms with Crippen LogP contribution in [0.4, 0.5) is 0 Å². The third-order valence-electron chi connectivity index (χ3n) is 3.88. The second-order valence-corrected chi connectivity index (χ2v) is 5.26. The number of carbonyl (C=O) groups excluding carboxylic acids is 1. The molecule has 1 aliphatic heterocycles. The van der Waals surface area contributed by atoms with Gasteiger partial charge in [-0.1, -0.05) is 12.1 Å². The minimum atomic E-state index is 0.186. The van der Waals surface area contributed by atoms with E-state index in [0.717, 1.165) is 13.1 Å². The molecule has 19 heavy (non-hydrogen) atoms. The van der Waals surface area contributed by atoms with Gasteiger partial charge in [-0.05, 0) is 30.5 Å². The molecule has 0 saturated carbocycles. The van der Waals surface area contributed by atoms with E-state index < -0.39 is 0 Å². The molecule has 0 aliphatic carbocycles. The van der Waals surface area contributed by atoms with Gasteiger partial charge >= 0.3 is 0 Å². The van der Waals surface area contributed by atoms with Gasteiger partial charge in [0, 0.05) is 36.7 Å². The predicted molar refractivity (Wildman–Crippen MR) is 76.1 cm³/mol. The van der Waals surface area contributed by atoms with Crippen LogP contribution in [0.15, 0.2) is 18.3 Å². The monoisotopic (exact) mass is 257 g/mol. The van der Waals surface area contributed by atoms with Crippen LogP contribution in [-0.4, -0.2) is 35.4 Å². The fourth-order valence-corrected chi connectivity index (χ4v) is 2.79. The molecule has 0 unspecified atom stereocenters. The molecule has 100 valence electrons. The highest BCUT2D eigenvalue weighted by atomic mass is 16.2. The van der Waals surface area contributed by atoms with Crippen LogP contribution >= 0.6 is 0 Å². The molecule has 0 atom stereocenters. The molecule has 0 spiro atoms. The number of amides is 1. The molecule has 1 amide bonds. The van der Waals surface area contributed by atoms with Crippen LogP contribution in [0.25, 0.3) is 10.9 Å². The molecule has 3 rings (SSSR count). The summed E-state index contributed by atoms with van der Waals surface area (Å²) in [4.78, 5) is 17.1. The first-order valence-electron chi connectivity index (χ1n) is 6.71. The molecular weight excluding hydrogens is 238 g/mol. The number of aromatic amines is 1. The first kappa shape index (κ1) is 12.2. The molecule has 1 fully saturated rings. The van der Waals surface area contributed by atoms with Crippen LogP contribution in [0.3, 0.4) is 0 Å². The first-order chi connectivity index (χ1) is 9.16. The molecule has 1 aliphatic rings. The number of H-pyrrole nitrogens is 1. The zero-order chi connectivity index (χ0) is 13.4. The van der Waals surface area contributed by atoms with Crippen molar-refractivity contribution in [3.05, 3.63) is 35.0 Å². The van der Waals surface area contributed by atoms with Crippen LogP contribution in [0.5, 0.6) is 0 Å². The van der Waals surface area contributed by atoms with Crippen molar-refractivity contribution < 1.29 is 4.79 Å². The Hall–Kier alpha value is -1.81. The lowest BCUT2D eigenvalue weighted by Gasteiger charge is -2.27. The third-order valence-corrected chi connectivity index (χ3v) is 3.88. The van der Waals surface area contributed by atoms with Gasteiger partial charge in [0.05, 0.1) is 6.54 Å². The second-order valence-electron chi connectivity index (χ2n) is 5.26. The van der Waals surface area contributed by atoms with Gasteiger partial charge in [0.1, 0.15) is 0 Å². The SMILES string of the molecule is Cc1ccc(C)c2c(CN3CCNCC3=O)c[nH]c12. The summed E-state index contributed by atoms with van der Waals surface area (Å²) in [5, 5.41) is 4.37.